The number of nitrogens with zero attached hydrogens (tertiary/aromatic N) is 2. The number of aromatic nitrogens is 1. The number of nitrogen functional groups attached to an aromatic ring is 1. The molecular weight excluding hydrogens is 242 g/mol. The van der Waals surface area contributed by atoms with Crippen molar-refractivity contribution in [2.45, 2.75) is 6.42 Å². The van der Waals surface area contributed by atoms with E-state index >= 15 is 0 Å². The van der Waals surface area contributed by atoms with E-state index in [0.29, 0.717) is 5.88 Å². The fourth-order valence-corrected chi connectivity index (χ4v) is 1.92. The molecule has 5 heteroatoms. The summed E-state index contributed by atoms with van der Waals surface area (Å²) in [5.41, 5.74) is 8.68. The Bertz CT molecular complexity index is 549. The molecule has 102 valence electrons. The summed E-state index contributed by atoms with van der Waals surface area (Å²) in [6.45, 7) is 0.991. The summed E-state index contributed by atoms with van der Waals surface area (Å²) in [7, 11) is 5.76. The molecule has 0 saturated heterocycles. The van der Waals surface area contributed by atoms with E-state index in [1.807, 2.05) is 6.07 Å². The van der Waals surface area contributed by atoms with Crippen LogP contribution < -0.4 is 10.5 Å². The van der Waals surface area contributed by atoms with Gasteiger partial charge in [-0.05, 0) is 38.2 Å². The van der Waals surface area contributed by atoms with Crippen LogP contribution in [0, 0.1) is 0 Å². The number of methoxy groups -OCH3 is 1. The second-order valence-corrected chi connectivity index (χ2v) is 4.69. The molecular formula is C14H19N3O2. The lowest BCUT2D eigenvalue weighted by Gasteiger charge is -2.12. The average Bonchev–Trinajstić information content (AvgIpc) is 2.82. The van der Waals surface area contributed by atoms with E-state index in [1.54, 1.807) is 13.3 Å². The number of anilines is 1. The van der Waals surface area contributed by atoms with Gasteiger partial charge in [-0.1, -0.05) is 11.2 Å². The Morgan fingerprint density at radius 3 is 2.68 bits per heavy atom. The van der Waals surface area contributed by atoms with Crippen molar-refractivity contribution in [3.05, 3.63) is 30.0 Å². The summed E-state index contributed by atoms with van der Waals surface area (Å²) in [4.78, 5) is 2.15. The Morgan fingerprint density at radius 2 is 2.11 bits per heavy atom. The van der Waals surface area contributed by atoms with Gasteiger partial charge in [-0.15, -0.1) is 0 Å². The molecule has 0 fully saturated rings. The van der Waals surface area contributed by atoms with Crippen LogP contribution in [0.5, 0.6) is 5.75 Å². The van der Waals surface area contributed by atoms with Crippen molar-refractivity contribution in [1.29, 1.82) is 0 Å². The number of hydrogen-bond acceptors (Lipinski definition) is 5. The second kappa shape index (κ2) is 5.75. The zero-order valence-corrected chi connectivity index (χ0v) is 11.5. The first-order chi connectivity index (χ1) is 9.11. The van der Waals surface area contributed by atoms with Gasteiger partial charge in [0.2, 0.25) is 5.88 Å². The van der Waals surface area contributed by atoms with Crippen LogP contribution in [0.4, 0.5) is 5.88 Å². The van der Waals surface area contributed by atoms with E-state index in [2.05, 4.69) is 36.3 Å². The quantitative estimate of drug-likeness (QED) is 0.892. The van der Waals surface area contributed by atoms with Crippen molar-refractivity contribution in [3.8, 4) is 16.9 Å². The molecule has 0 aliphatic carbocycles. The minimum Gasteiger partial charge on any atom is -0.496 e. The molecule has 2 N–H and O–H groups in total. The molecule has 19 heavy (non-hydrogen) atoms. The van der Waals surface area contributed by atoms with Crippen LogP contribution in [0.2, 0.25) is 0 Å². The van der Waals surface area contributed by atoms with Gasteiger partial charge >= 0.3 is 0 Å². The molecule has 1 aromatic carbocycles. The first-order valence-corrected chi connectivity index (χ1v) is 6.14. The highest BCUT2D eigenvalue weighted by Crippen LogP contribution is 2.34. The number of rotatable bonds is 5. The van der Waals surface area contributed by atoms with Gasteiger partial charge in [0.25, 0.3) is 0 Å². The van der Waals surface area contributed by atoms with Gasteiger partial charge in [0, 0.05) is 12.1 Å². The monoisotopic (exact) mass is 261 g/mol. The van der Waals surface area contributed by atoms with E-state index in [-0.39, 0.29) is 0 Å². The third-order valence-corrected chi connectivity index (χ3v) is 3.00. The fraction of sp³-hybridized carbons (Fsp3) is 0.357. The fourth-order valence-electron chi connectivity index (χ4n) is 1.92. The number of nitrogens with two attached hydrogens (primary N) is 1. The van der Waals surface area contributed by atoms with Gasteiger partial charge in [0.05, 0.1) is 18.9 Å². The minimum atomic E-state index is 0.308. The molecule has 2 aromatic rings. The van der Waals surface area contributed by atoms with Gasteiger partial charge in [0.1, 0.15) is 5.75 Å². The molecule has 0 spiro atoms. The maximum Gasteiger partial charge on any atom is 0.230 e. The van der Waals surface area contributed by atoms with Crippen molar-refractivity contribution in [2.75, 3.05) is 33.5 Å². The van der Waals surface area contributed by atoms with E-state index in [1.165, 1.54) is 5.56 Å². The average molecular weight is 261 g/mol. The van der Waals surface area contributed by atoms with Crippen molar-refractivity contribution in [2.24, 2.45) is 0 Å². The Morgan fingerprint density at radius 1 is 1.32 bits per heavy atom. The van der Waals surface area contributed by atoms with E-state index in [9.17, 15) is 0 Å². The standard InChI is InChI=1S/C14H19N3O2/c1-17(2)7-6-10-4-5-13(18-3)11(8-10)12-9-16-19-14(12)15/h4-5,8-9H,6-7,15H2,1-3H3. The minimum absolute atomic E-state index is 0.308. The molecule has 0 unspecified atom stereocenters. The highest BCUT2D eigenvalue weighted by molar-refractivity contribution is 5.77. The summed E-state index contributed by atoms with van der Waals surface area (Å²) in [5, 5.41) is 3.71. The van der Waals surface area contributed by atoms with Crippen LogP contribution >= 0.6 is 0 Å². The summed E-state index contributed by atoms with van der Waals surface area (Å²) in [5.74, 6) is 1.08. The predicted octanol–water partition coefficient (Wildman–Crippen LogP) is 2.04. The number of hydrogen-bond donors (Lipinski definition) is 1. The molecule has 5 nitrogen and oxygen atoms in total. The maximum atomic E-state index is 5.78. The molecule has 0 aliphatic rings. The first kappa shape index (κ1) is 13.4. The van der Waals surface area contributed by atoms with Crippen LogP contribution in [-0.2, 0) is 6.42 Å². The van der Waals surface area contributed by atoms with Gasteiger partial charge in [-0.2, -0.15) is 0 Å². The third-order valence-electron chi connectivity index (χ3n) is 3.00. The van der Waals surface area contributed by atoms with Crippen LogP contribution in [0.3, 0.4) is 0 Å². The molecule has 2 rings (SSSR count). The Hall–Kier alpha value is -2.01. The molecule has 0 saturated carbocycles. The van der Waals surface area contributed by atoms with Gasteiger partial charge in [0.15, 0.2) is 0 Å². The molecule has 0 atom stereocenters. The highest BCUT2D eigenvalue weighted by atomic mass is 16.5. The zero-order valence-electron chi connectivity index (χ0n) is 11.5. The molecule has 0 radical (unpaired) electrons. The molecule has 0 aliphatic heterocycles. The maximum absolute atomic E-state index is 5.78. The van der Waals surface area contributed by atoms with Gasteiger partial charge in [-0.3, -0.25) is 0 Å². The van der Waals surface area contributed by atoms with Crippen LogP contribution in [0.25, 0.3) is 11.1 Å². The van der Waals surface area contributed by atoms with Crippen molar-refractivity contribution >= 4 is 5.88 Å². The molecule has 1 heterocycles. The van der Waals surface area contributed by atoms with E-state index in [0.717, 1.165) is 29.8 Å². The summed E-state index contributed by atoms with van der Waals surface area (Å²) >= 11 is 0. The molecule has 0 bridgehead atoms. The van der Waals surface area contributed by atoms with Crippen LogP contribution in [0.15, 0.2) is 28.9 Å². The summed E-state index contributed by atoms with van der Waals surface area (Å²) in [6.07, 6.45) is 2.58. The van der Waals surface area contributed by atoms with Crippen LogP contribution in [-0.4, -0.2) is 37.8 Å². The number of ether oxygens (including phenoxy) is 1. The Balaban J connectivity index is 2.35. The lowest BCUT2D eigenvalue weighted by Crippen LogP contribution is -2.15. The second-order valence-electron chi connectivity index (χ2n) is 4.69. The van der Waals surface area contributed by atoms with Crippen LogP contribution in [0.1, 0.15) is 5.56 Å². The van der Waals surface area contributed by atoms with Crippen molar-refractivity contribution < 1.29 is 9.26 Å². The largest absolute Gasteiger partial charge is 0.496 e. The van der Waals surface area contributed by atoms with Crippen molar-refractivity contribution in [1.82, 2.24) is 10.1 Å². The highest BCUT2D eigenvalue weighted by Gasteiger charge is 2.13. The number of likely N-dealkylation sites (N-methyl/N-ethyl adjacent to an activating group) is 1. The lowest BCUT2D eigenvalue weighted by atomic mass is 10.0. The lowest BCUT2D eigenvalue weighted by molar-refractivity contribution is 0.411. The Kier molecular flexibility index (Phi) is 4.06. The third kappa shape index (κ3) is 3.06. The zero-order chi connectivity index (χ0) is 13.8. The van der Waals surface area contributed by atoms with Gasteiger partial charge < -0.3 is 19.9 Å². The predicted molar refractivity (Wildman–Crippen MR) is 75.2 cm³/mol. The molecule has 1 aromatic heterocycles. The van der Waals surface area contributed by atoms with E-state index < -0.39 is 0 Å². The molecule has 0 amide bonds. The summed E-state index contributed by atoms with van der Waals surface area (Å²) < 4.78 is 10.3. The van der Waals surface area contributed by atoms with Crippen molar-refractivity contribution in [3.63, 3.8) is 0 Å². The number of benzene rings is 1. The summed E-state index contributed by atoms with van der Waals surface area (Å²) in [6, 6.07) is 6.09. The van der Waals surface area contributed by atoms with E-state index in [4.69, 9.17) is 15.0 Å². The normalized spacial score (nSPS) is 10.9. The first-order valence-electron chi connectivity index (χ1n) is 6.14. The Labute approximate surface area is 112 Å². The smallest absolute Gasteiger partial charge is 0.230 e. The SMILES string of the molecule is COc1ccc(CCN(C)C)cc1-c1cnoc1N. The van der Waals surface area contributed by atoms with Gasteiger partial charge in [-0.25, -0.2) is 0 Å². The topological polar surface area (TPSA) is 64.5 Å².